The van der Waals surface area contributed by atoms with E-state index in [4.69, 9.17) is 0 Å². The Bertz CT molecular complexity index is 1330. The van der Waals surface area contributed by atoms with E-state index in [1.807, 2.05) is 30.3 Å². The maximum absolute atomic E-state index is 12.8. The van der Waals surface area contributed by atoms with Crippen LogP contribution in [0, 0.1) is 10.1 Å². The number of carbonyl (C=O) groups is 1. The van der Waals surface area contributed by atoms with Crippen molar-refractivity contribution in [3.8, 4) is 11.3 Å². The number of hydrogen-bond donors (Lipinski definition) is 0. The van der Waals surface area contributed by atoms with Crippen molar-refractivity contribution in [3.05, 3.63) is 94.5 Å². The summed E-state index contributed by atoms with van der Waals surface area (Å²) in [5, 5.41) is 22.2. The highest BCUT2D eigenvalue weighted by atomic mass is 16.6. The summed E-state index contributed by atoms with van der Waals surface area (Å²) in [5.41, 5.74) is 2.07. The summed E-state index contributed by atoms with van der Waals surface area (Å²) in [7, 11) is 0. The largest absolute Gasteiger partial charge is 0.352 e. The summed E-state index contributed by atoms with van der Waals surface area (Å²) < 4.78 is 0. The molecule has 0 spiro atoms. The lowest BCUT2D eigenvalue weighted by atomic mass is 10.1. The molecule has 8 nitrogen and oxygen atoms in total. The van der Waals surface area contributed by atoms with E-state index in [2.05, 4.69) is 39.4 Å². The number of aromatic nitrogens is 2. The lowest BCUT2D eigenvalue weighted by molar-refractivity contribution is -0.384. The van der Waals surface area contributed by atoms with E-state index in [0.29, 0.717) is 31.7 Å². The standard InChI is InChI=1S/C25H21N5O3/c31-25(21-6-3-7-22(17-21)30(32)33)29-14-12-28(13-15-29)24-11-10-23(26-27-24)20-9-8-18-4-1-2-5-19(18)16-20/h1-11,16-17H,12-15H2. The predicted molar refractivity (Wildman–Crippen MR) is 126 cm³/mol. The van der Waals surface area contributed by atoms with Gasteiger partial charge < -0.3 is 9.80 Å². The second-order valence-corrected chi connectivity index (χ2v) is 7.93. The summed E-state index contributed by atoms with van der Waals surface area (Å²) in [5.74, 6) is 0.568. The molecule has 1 aliphatic rings. The van der Waals surface area contributed by atoms with Crippen LogP contribution in [0.3, 0.4) is 0 Å². The van der Waals surface area contributed by atoms with Crippen LogP contribution in [-0.2, 0) is 0 Å². The predicted octanol–water partition coefficient (Wildman–Crippen LogP) is 4.17. The minimum atomic E-state index is -0.491. The number of fused-ring (bicyclic) bond motifs is 1. The summed E-state index contributed by atoms with van der Waals surface area (Å²) >= 11 is 0. The van der Waals surface area contributed by atoms with Gasteiger partial charge in [0.15, 0.2) is 5.82 Å². The van der Waals surface area contributed by atoms with E-state index in [-0.39, 0.29) is 11.6 Å². The van der Waals surface area contributed by atoms with Crippen LogP contribution in [0.1, 0.15) is 10.4 Å². The number of amides is 1. The number of piperazine rings is 1. The fourth-order valence-corrected chi connectivity index (χ4v) is 4.07. The Labute approximate surface area is 190 Å². The number of non-ortho nitro benzene ring substituents is 1. The minimum Gasteiger partial charge on any atom is -0.352 e. The van der Waals surface area contributed by atoms with E-state index >= 15 is 0 Å². The van der Waals surface area contributed by atoms with Gasteiger partial charge in [0.25, 0.3) is 11.6 Å². The Kier molecular flexibility index (Phi) is 5.40. The van der Waals surface area contributed by atoms with Crippen molar-refractivity contribution in [2.24, 2.45) is 0 Å². The third kappa shape index (κ3) is 4.23. The topological polar surface area (TPSA) is 92.5 Å². The lowest BCUT2D eigenvalue weighted by Gasteiger charge is -2.35. The molecule has 0 saturated carbocycles. The second-order valence-electron chi connectivity index (χ2n) is 7.93. The number of carbonyl (C=O) groups excluding carboxylic acids is 1. The minimum absolute atomic E-state index is 0.0822. The number of nitro benzene ring substituents is 1. The Morgan fingerprint density at radius 3 is 2.33 bits per heavy atom. The van der Waals surface area contributed by atoms with Crippen LogP contribution in [0.25, 0.3) is 22.0 Å². The Hall–Kier alpha value is -4.33. The lowest BCUT2D eigenvalue weighted by Crippen LogP contribution is -2.49. The van der Waals surface area contributed by atoms with Gasteiger partial charge in [-0.1, -0.05) is 42.5 Å². The molecule has 4 aromatic rings. The zero-order chi connectivity index (χ0) is 22.8. The Morgan fingerprint density at radius 1 is 0.818 bits per heavy atom. The van der Waals surface area contributed by atoms with E-state index < -0.39 is 4.92 Å². The molecule has 0 atom stereocenters. The molecule has 1 fully saturated rings. The average Bonchev–Trinajstić information content (AvgIpc) is 2.88. The highest BCUT2D eigenvalue weighted by Gasteiger charge is 2.24. The number of nitrogens with zero attached hydrogens (tertiary/aromatic N) is 5. The van der Waals surface area contributed by atoms with Gasteiger partial charge in [0, 0.05) is 49.4 Å². The van der Waals surface area contributed by atoms with Gasteiger partial charge in [0.05, 0.1) is 10.6 Å². The maximum Gasteiger partial charge on any atom is 0.270 e. The van der Waals surface area contributed by atoms with Crippen LogP contribution in [0.15, 0.2) is 78.9 Å². The number of benzene rings is 3. The first-order valence-corrected chi connectivity index (χ1v) is 10.7. The van der Waals surface area contributed by atoms with Crippen molar-refractivity contribution in [1.82, 2.24) is 15.1 Å². The van der Waals surface area contributed by atoms with E-state index in [9.17, 15) is 14.9 Å². The highest BCUT2D eigenvalue weighted by molar-refractivity contribution is 5.95. The third-order valence-electron chi connectivity index (χ3n) is 5.89. The van der Waals surface area contributed by atoms with Gasteiger partial charge in [-0.25, -0.2) is 0 Å². The first kappa shape index (κ1) is 20.6. The van der Waals surface area contributed by atoms with Crippen molar-refractivity contribution < 1.29 is 9.72 Å². The van der Waals surface area contributed by atoms with Gasteiger partial charge in [0.2, 0.25) is 0 Å². The van der Waals surface area contributed by atoms with E-state index in [0.717, 1.165) is 22.5 Å². The molecule has 33 heavy (non-hydrogen) atoms. The molecule has 1 aliphatic heterocycles. The van der Waals surface area contributed by atoms with Gasteiger partial charge >= 0.3 is 0 Å². The molecule has 8 heteroatoms. The van der Waals surface area contributed by atoms with Gasteiger partial charge in [-0.3, -0.25) is 14.9 Å². The number of rotatable bonds is 4. The second kappa shape index (κ2) is 8.66. The molecule has 0 radical (unpaired) electrons. The van der Waals surface area contributed by atoms with Gasteiger partial charge in [-0.2, -0.15) is 0 Å². The zero-order valence-corrected chi connectivity index (χ0v) is 17.8. The summed E-state index contributed by atoms with van der Waals surface area (Å²) in [6, 6.07) is 24.2. The smallest absolute Gasteiger partial charge is 0.270 e. The maximum atomic E-state index is 12.8. The van der Waals surface area contributed by atoms with Gasteiger partial charge in [-0.05, 0) is 35.0 Å². The fourth-order valence-electron chi connectivity index (χ4n) is 4.07. The molecule has 0 aliphatic carbocycles. The molecule has 1 amide bonds. The molecule has 1 aromatic heterocycles. The van der Waals surface area contributed by atoms with Crippen molar-refractivity contribution in [2.75, 3.05) is 31.1 Å². The highest BCUT2D eigenvalue weighted by Crippen LogP contribution is 2.24. The molecule has 3 aromatic carbocycles. The average molecular weight is 439 g/mol. The Balaban J connectivity index is 1.25. The first-order valence-electron chi connectivity index (χ1n) is 10.7. The third-order valence-corrected chi connectivity index (χ3v) is 5.89. The van der Waals surface area contributed by atoms with Crippen LogP contribution in [0.4, 0.5) is 11.5 Å². The zero-order valence-electron chi connectivity index (χ0n) is 17.8. The van der Waals surface area contributed by atoms with Crippen molar-refractivity contribution >= 4 is 28.2 Å². The monoisotopic (exact) mass is 439 g/mol. The molecule has 0 unspecified atom stereocenters. The molecule has 5 rings (SSSR count). The Morgan fingerprint density at radius 2 is 1.61 bits per heavy atom. The van der Waals surface area contributed by atoms with Crippen LogP contribution in [0.2, 0.25) is 0 Å². The number of hydrogen-bond acceptors (Lipinski definition) is 6. The first-order chi connectivity index (χ1) is 16.1. The fraction of sp³-hybridized carbons (Fsp3) is 0.160. The number of nitro groups is 1. The molecular formula is C25H21N5O3. The molecule has 164 valence electrons. The van der Waals surface area contributed by atoms with Gasteiger partial charge in [0.1, 0.15) is 0 Å². The summed E-state index contributed by atoms with van der Waals surface area (Å²) in [4.78, 5) is 27.1. The summed E-state index contributed by atoms with van der Waals surface area (Å²) in [6.45, 7) is 2.25. The van der Waals surface area contributed by atoms with Crippen LogP contribution in [-0.4, -0.2) is 52.1 Å². The van der Waals surface area contributed by atoms with Crippen LogP contribution < -0.4 is 4.90 Å². The normalized spacial score (nSPS) is 13.8. The van der Waals surface area contributed by atoms with E-state index in [1.165, 1.54) is 23.6 Å². The molecule has 0 N–H and O–H groups in total. The molecule has 1 saturated heterocycles. The summed E-state index contributed by atoms with van der Waals surface area (Å²) in [6.07, 6.45) is 0. The molecule has 2 heterocycles. The van der Waals surface area contributed by atoms with Crippen LogP contribution in [0.5, 0.6) is 0 Å². The van der Waals surface area contributed by atoms with E-state index in [1.54, 1.807) is 11.0 Å². The molecule has 0 bridgehead atoms. The SMILES string of the molecule is O=C(c1cccc([N+](=O)[O-])c1)N1CCN(c2ccc(-c3ccc4ccccc4c3)nn2)CC1. The number of anilines is 1. The van der Waals surface area contributed by atoms with Crippen molar-refractivity contribution in [2.45, 2.75) is 0 Å². The quantitative estimate of drug-likeness (QED) is 0.350. The van der Waals surface area contributed by atoms with Crippen molar-refractivity contribution in [3.63, 3.8) is 0 Å². The van der Waals surface area contributed by atoms with Crippen molar-refractivity contribution in [1.29, 1.82) is 0 Å². The molecular weight excluding hydrogens is 418 g/mol. The van der Waals surface area contributed by atoms with Gasteiger partial charge in [-0.15, -0.1) is 10.2 Å². The van der Waals surface area contributed by atoms with Crippen LogP contribution >= 0.6 is 0 Å².